The lowest BCUT2D eigenvalue weighted by Crippen LogP contribution is -2.12. The number of fused-ring (bicyclic) bond motifs is 1. The monoisotopic (exact) mass is 209 g/mol. The molecular formula is C10H12ClN3. The second-order valence-electron chi connectivity index (χ2n) is 4.35. The number of aromatic nitrogens is 3. The molecule has 14 heavy (non-hydrogen) atoms. The molecule has 0 aliphatic rings. The Balaban J connectivity index is 2.70. The fraction of sp³-hybridized carbons (Fsp3) is 0.400. The van der Waals surface area contributed by atoms with Gasteiger partial charge in [0.2, 0.25) is 0 Å². The van der Waals surface area contributed by atoms with E-state index < -0.39 is 0 Å². The molecule has 0 atom stereocenters. The molecule has 0 aliphatic heterocycles. The summed E-state index contributed by atoms with van der Waals surface area (Å²) in [6.45, 7) is 6.42. The highest BCUT2D eigenvalue weighted by molar-refractivity contribution is 6.33. The Kier molecular flexibility index (Phi) is 2.00. The average Bonchev–Trinajstić information content (AvgIpc) is 2.50. The summed E-state index contributed by atoms with van der Waals surface area (Å²) in [6.07, 6.45) is 3.47. The SMILES string of the molecule is CC(C)(C)c1cc(Cl)c2ncnn2c1. The van der Waals surface area contributed by atoms with Crippen molar-refractivity contribution in [1.82, 2.24) is 14.6 Å². The number of rotatable bonds is 0. The third-order valence-electron chi connectivity index (χ3n) is 2.20. The summed E-state index contributed by atoms with van der Waals surface area (Å²) in [5, 5.41) is 4.72. The number of hydrogen-bond donors (Lipinski definition) is 0. The summed E-state index contributed by atoms with van der Waals surface area (Å²) in [5.74, 6) is 0. The van der Waals surface area contributed by atoms with Gasteiger partial charge in [-0.1, -0.05) is 32.4 Å². The largest absolute Gasteiger partial charge is 0.219 e. The van der Waals surface area contributed by atoms with Crippen LogP contribution in [0.15, 0.2) is 18.6 Å². The molecular weight excluding hydrogens is 198 g/mol. The van der Waals surface area contributed by atoms with Gasteiger partial charge >= 0.3 is 0 Å². The molecule has 4 heteroatoms. The second-order valence-corrected chi connectivity index (χ2v) is 4.76. The molecule has 0 spiro atoms. The van der Waals surface area contributed by atoms with Crippen molar-refractivity contribution >= 4 is 17.2 Å². The molecule has 0 unspecified atom stereocenters. The Morgan fingerprint density at radius 3 is 2.71 bits per heavy atom. The van der Waals surface area contributed by atoms with Crippen molar-refractivity contribution in [2.45, 2.75) is 26.2 Å². The first-order valence-corrected chi connectivity index (χ1v) is 4.85. The van der Waals surface area contributed by atoms with Gasteiger partial charge in [0.05, 0.1) is 5.02 Å². The first kappa shape index (κ1) is 9.46. The average molecular weight is 210 g/mol. The summed E-state index contributed by atoms with van der Waals surface area (Å²) in [5.41, 5.74) is 1.93. The molecule has 0 radical (unpaired) electrons. The maximum atomic E-state index is 6.09. The van der Waals surface area contributed by atoms with E-state index in [4.69, 9.17) is 11.6 Å². The van der Waals surface area contributed by atoms with Gasteiger partial charge in [-0.3, -0.25) is 0 Å². The van der Waals surface area contributed by atoms with Crippen LogP contribution in [0.3, 0.4) is 0 Å². The smallest absolute Gasteiger partial charge is 0.173 e. The lowest BCUT2D eigenvalue weighted by Gasteiger charge is -2.18. The van der Waals surface area contributed by atoms with Crippen molar-refractivity contribution in [2.24, 2.45) is 0 Å². The molecule has 0 saturated carbocycles. The minimum atomic E-state index is 0.0732. The van der Waals surface area contributed by atoms with Gasteiger partial charge in [0.15, 0.2) is 5.65 Å². The molecule has 2 heterocycles. The highest BCUT2D eigenvalue weighted by Crippen LogP contribution is 2.26. The molecule has 0 aliphatic carbocycles. The van der Waals surface area contributed by atoms with Crippen molar-refractivity contribution in [3.8, 4) is 0 Å². The molecule has 74 valence electrons. The molecule has 0 fully saturated rings. The Hall–Kier alpha value is -1.09. The number of nitrogens with zero attached hydrogens (tertiary/aromatic N) is 3. The molecule has 2 aromatic rings. The third kappa shape index (κ3) is 1.48. The third-order valence-corrected chi connectivity index (χ3v) is 2.47. The number of halogens is 1. The van der Waals surface area contributed by atoms with Crippen LogP contribution in [0.1, 0.15) is 26.3 Å². The first-order valence-electron chi connectivity index (χ1n) is 4.48. The van der Waals surface area contributed by atoms with Crippen LogP contribution in [0.2, 0.25) is 5.02 Å². The van der Waals surface area contributed by atoms with Crippen LogP contribution in [0.25, 0.3) is 5.65 Å². The predicted octanol–water partition coefficient (Wildman–Crippen LogP) is 2.68. The van der Waals surface area contributed by atoms with E-state index in [1.54, 1.807) is 4.52 Å². The lowest BCUT2D eigenvalue weighted by molar-refractivity contribution is 0.584. The van der Waals surface area contributed by atoms with E-state index >= 15 is 0 Å². The topological polar surface area (TPSA) is 30.2 Å². The summed E-state index contributed by atoms with van der Waals surface area (Å²) in [4.78, 5) is 4.06. The summed E-state index contributed by atoms with van der Waals surface area (Å²) in [6, 6.07) is 1.95. The van der Waals surface area contributed by atoms with E-state index in [1.807, 2.05) is 12.3 Å². The van der Waals surface area contributed by atoms with E-state index in [1.165, 1.54) is 6.33 Å². The van der Waals surface area contributed by atoms with Gasteiger partial charge in [0.1, 0.15) is 6.33 Å². The van der Waals surface area contributed by atoms with Crippen molar-refractivity contribution in [2.75, 3.05) is 0 Å². The molecule has 2 rings (SSSR count). The van der Waals surface area contributed by atoms with E-state index in [0.29, 0.717) is 10.7 Å². The molecule has 2 aromatic heterocycles. The molecule has 0 bridgehead atoms. The minimum absolute atomic E-state index is 0.0732. The second kappa shape index (κ2) is 2.95. The van der Waals surface area contributed by atoms with E-state index in [-0.39, 0.29) is 5.41 Å². The van der Waals surface area contributed by atoms with Crippen molar-refractivity contribution in [3.63, 3.8) is 0 Å². The first-order chi connectivity index (χ1) is 6.48. The van der Waals surface area contributed by atoms with E-state index in [2.05, 4.69) is 30.9 Å². The maximum Gasteiger partial charge on any atom is 0.173 e. The fourth-order valence-electron chi connectivity index (χ4n) is 1.30. The Bertz CT molecular complexity index is 468. The van der Waals surface area contributed by atoms with Crippen LogP contribution >= 0.6 is 11.6 Å². The normalized spacial score (nSPS) is 12.3. The van der Waals surface area contributed by atoms with E-state index in [9.17, 15) is 0 Å². The van der Waals surface area contributed by atoms with Gasteiger partial charge in [-0.15, -0.1) is 0 Å². The Labute approximate surface area is 87.7 Å². The van der Waals surface area contributed by atoms with Crippen molar-refractivity contribution in [3.05, 3.63) is 29.2 Å². The van der Waals surface area contributed by atoms with Crippen molar-refractivity contribution in [1.29, 1.82) is 0 Å². The van der Waals surface area contributed by atoms with Gasteiger partial charge in [-0.05, 0) is 17.0 Å². The number of hydrogen-bond acceptors (Lipinski definition) is 2. The lowest BCUT2D eigenvalue weighted by atomic mass is 9.88. The summed E-state index contributed by atoms with van der Waals surface area (Å²) in [7, 11) is 0. The quantitative estimate of drug-likeness (QED) is 0.668. The van der Waals surface area contributed by atoms with Gasteiger partial charge < -0.3 is 0 Å². The highest BCUT2D eigenvalue weighted by atomic mass is 35.5. The Morgan fingerprint density at radius 1 is 1.36 bits per heavy atom. The summed E-state index contributed by atoms with van der Waals surface area (Å²) < 4.78 is 1.71. The standard InChI is InChI=1S/C10H12ClN3/c1-10(2,3)7-4-8(11)9-12-6-13-14(9)5-7/h4-6H,1-3H3. The van der Waals surface area contributed by atoms with Gasteiger partial charge in [0.25, 0.3) is 0 Å². The van der Waals surface area contributed by atoms with Gasteiger partial charge in [0, 0.05) is 6.20 Å². The maximum absolute atomic E-state index is 6.09. The molecule has 0 N–H and O–H groups in total. The van der Waals surface area contributed by atoms with Crippen LogP contribution in [0.4, 0.5) is 0 Å². The zero-order valence-corrected chi connectivity index (χ0v) is 9.21. The van der Waals surface area contributed by atoms with Crippen LogP contribution in [0, 0.1) is 0 Å². The minimum Gasteiger partial charge on any atom is -0.219 e. The van der Waals surface area contributed by atoms with E-state index in [0.717, 1.165) is 5.56 Å². The van der Waals surface area contributed by atoms with Gasteiger partial charge in [-0.2, -0.15) is 5.10 Å². The molecule has 0 amide bonds. The predicted molar refractivity (Wildman–Crippen MR) is 56.7 cm³/mol. The van der Waals surface area contributed by atoms with Gasteiger partial charge in [-0.25, -0.2) is 9.50 Å². The Morgan fingerprint density at radius 2 is 2.07 bits per heavy atom. The number of pyridine rings is 1. The fourth-order valence-corrected chi connectivity index (χ4v) is 1.55. The highest BCUT2D eigenvalue weighted by Gasteiger charge is 2.16. The molecule has 0 saturated heterocycles. The molecule has 0 aromatic carbocycles. The molecule has 3 nitrogen and oxygen atoms in total. The summed E-state index contributed by atoms with van der Waals surface area (Å²) >= 11 is 6.09. The van der Waals surface area contributed by atoms with Crippen LogP contribution < -0.4 is 0 Å². The van der Waals surface area contributed by atoms with Crippen molar-refractivity contribution < 1.29 is 0 Å². The zero-order valence-electron chi connectivity index (χ0n) is 8.45. The van der Waals surface area contributed by atoms with Crippen LogP contribution in [0.5, 0.6) is 0 Å². The van der Waals surface area contributed by atoms with Crippen LogP contribution in [-0.4, -0.2) is 14.6 Å². The van der Waals surface area contributed by atoms with Crippen LogP contribution in [-0.2, 0) is 5.41 Å². The zero-order chi connectivity index (χ0) is 10.3.